The summed E-state index contributed by atoms with van der Waals surface area (Å²) in [5.74, 6) is 0.373. The van der Waals surface area contributed by atoms with E-state index < -0.39 is 18.6 Å². The van der Waals surface area contributed by atoms with Crippen molar-refractivity contribution in [2.45, 2.75) is 38.4 Å². The fourth-order valence-electron chi connectivity index (χ4n) is 1.83. The van der Waals surface area contributed by atoms with E-state index in [1.807, 2.05) is 6.92 Å². The molecule has 0 spiro atoms. The minimum atomic E-state index is -4.15. The van der Waals surface area contributed by atoms with Crippen LogP contribution < -0.4 is 10.1 Å². The predicted octanol–water partition coefficient (Wildman–Crippen LogP) is 3.47. The first-order valence-corrected chi connectivity index (χ1v) is 6.27. The topological polar surface area (TPSA) is 34.2 Å². The quantitative estimate of drug-likeness (QED) is 0.828. The fraction of sp³-hybridized carbons (Fsp3) is 0.615. The zero-order valence-electron chi connectivity index (χ0n) is 11.1. The molecule has 1 N–H and O–H groups in total. The number of nitrogens with zero attached hydrogens (tertiary/aromatic N) is 1. The summed E-state index contributed by atoms with van der Waals surface area (Å²) >= 11 is 0. The summed E-state index contributed by atoms with van der Waals surface area (Å²) in [6.07, 6.45) is -2.59. The number of hydrogen-bond acceptors (Lipinski definition) is 3. The third-order valence-corrected chi connectivity index (χ3v) is 2.73. The number of methoxy groups -OCH3 is 1. The van der Waals surface area contributed by atoms with Gasteiger partial charge >= 0.3 is 6.18 Å². The fourth-order valence-corrected chi connectivity index (χ4v) is 1.83. The molecule has 0 aliphatic carbocycles. The Hall–Kier alpha value is -1.30. The summed E-state index contributed by atoms with van der Waals surface area (Å²) in [6.45, 7) is 2.62. The van der Waals surface area contributed by atoms with Gasteiger partial charge in [-0.1, -0.05) is 13.0 Å². The third-order valence-electron chi connectivity index (χ3n) is 2.73. The molecule has 108 valence electrons. The molecule has 0 amide bonds. The number of ether oxygens (including phenoxy) is 1. The minimum absolute atomic E-state index is 0.0223. The molecule has 19 heavy (non-hydrogen) atoms. The van der Waals surface area contributed by atoms with Crippen LogP contribution in [-0.2, 0) is 0 Å². The van der Waals surface area contributed by atoms with E-state index >= 15 is 0 Å². The monoisotopic (exact) mass is 276 g/mol. The van der Waals surface area contributed by atoms with E-state index in [-0.39, 0.29) is 6.42 Å². The van der Waals surface area contributed by atoms with Crippen molar-refractivity contribution < 1.29 is 17.9 Å². The molecule has 1 aromatic rings. The molecule has 1 atom stereocenters. The summed E-state index contributed by atoms with van der Waals surface area (Å²) in [5, 5.41) is 3.11. The van der Waals surface area contributed by atoms with Gasteiger partial charge in [0, 0.05) is 24.2 Å². The Kier molecular flexibility index (Phi) is 6.08. The van der Waals surface area contributed by atoms with Crippen LogP contribution in [0.3, 0.4) is 0 Å². The van der Waals surface area contributed by atoms with Gasteiger partial charge in [-0.15, -0.1) is 0 Å². The molecule has 1 aromatic heterocycles. The summed E-state index contributed by atoms with van der Waals surface area (Å²) in [7, 11) is 1.46. The second-order valence-corrected chi connectivity index (χ2v) is 4.26. The number of aromatic nitrogens is 1. The Labute approximate surface area is 111 Å². The van der Waals surface area contributed by atoms with Crippen molar-refractivity contribution >= 4 is 0 Å². The van der Waals surface area contributed by atoms with Gasteiger partial charge in [0.05, 0.1) is 7.11 Å². The molecule has 1 heterocycles. The lowest BCUT2D eigenvalue weighted by atomic mass is 10.0. The maximum absolute atomic E-state index is 12.4. The van der Waals surface area contributed by atoms with E-state index in [2.05, 4.69) is 10.3 Å². The van der Waals surface area contributed by atoms with Gasteiger partial charge in [0.15, 0.2) is 0 Å². The van der Waals surface area contributed by atoms with E-state index in [1.165, 1.54) is 7.11 Å². The maximum Gasteiger partial charge on any atom is 0.389 e. The van der Waals surface area contributed by atoms with Gasteiger partial charge in [-0.3, -0.25) is 0 Å². The number of alkyl halides is 3. The van der Waals surface area contributed by atoms with Crippen LogP contribution in [0.25, 0.3) is 0 Å². The molecule has 0 fully saturated rings. The summed E-state index contributed by atoms with van der Waals surface area (Å²) < 4.78 is 42.2. The minimum Gasteiger partial charge on any atom is -0.481 e. The van der Waals surface area contributed by atoms with Gasteiger partial charge in [0.25, 0.3) is 0 Å². The van der Waals surface area contributed by atoms with Crippen molar-refractivity contribution in [3.05, 3.63) is 23.9 Å². The van der Waals surface area contributed by atoms with Crippen LogP contribution in [0.5, 0.6) is 5.88 Å². The van der Waals surface area contributed by atoms with E-state index in [0.29, 0.717) is 18.0 Å². The van der Waals surface area contributed by atoms with Crippen molar-refractivity contribution in [2.75, 3.05) is 13.7 Å². The Balaban J connectivity index is 2.82. The van der Waals surface area contributed by atoms with Gasteiger partial charge in [-0.05, 0) is 25.5 Å². The van der Waals surface area contributed by atoms with Crippen molar-refractivity contribution in [2.24, 2.45) is 0 Å². The van der Waals surface area contributed by atoms with Crippen LogP contribution in [0.1, 0.15) is 37.8 Å². The maximum atomic E-state index is 12.4. The highest BCUT2D eigenvalue weighted by Gasteiger charge is 2.29. The molecule has 0 aliphatic heterocycles. The number of rotatable bonds is 7. The molecular formula is C13H19F3N2O. The largest absolute Gasteiger partial charge is 0.481 e. The van der Waals surface area contributed by atoms with Crippen molar-refractivity contribution in [3.63, 3.8) is 0 Å². The highest BCUT2D eigenvalue weighted by molar-refractivity contribution is 5.28. The number of nitrogens with one attached hydrogen (secondary N) is 1. The number of hydrogen-bond donors (Lipinski definition) is 1. The second-order valence-electron chi connectivity index (χ2n) is 4.26. The smallest absolute Gasteiger partial charge is 0.389 e. The molecule has 1 unspecified atom stereocenters. The predicted molar refractivity (Wildman–Crippen MR) is 67.1 cm³/mol. The zero-order chi connectivity index (χ0) is 14.3. The van der Waals surface area contributed by atoms with Gasteiger partial charge in [0.1, 0.15) is 0 Å². The summed E-state index contributed by atoms with van der Waals surface area (Å²) in [4.78, 5) is 4.03. The van der Waals surface area contributed by atoms with Gasteiger partial charge in [-0.2, -0.15) is 13.2 Å². The van der Waals surface area contributed by atoms with Crippen molar-refractivity contribution in [1.82, 2.24) is 10.3 Å². The molecule has 3 nitrogen and oxygen atoms in total. The molecule has 0 saturated heterocycles. The Morgan fingerprint density at radius 1 is 1.42 bits per heavy atom. The summed E-state index contributed by atoms with van der Waals surface area (Å²) in [5.41, 5.74) is 0.669. The zero-order valence-corrected chi connectivity index (χ0v) is 11.1. The van der Waals surface area contributed by atoms with Crippen LogP contribution in [0.4, 0.5) is 13.2 Å². The standard InChI is InChI=1S/C13H19F3N2O/c1-3-8-17-11(6-7-13(14,15)16)10-5-4-9-18-12(10)19-2/h4-5,9,11,17H,3,6-8H2,1-2H3. The van der Waals surface area contributed by atoms with E-state index in [1.54, 1.807) is 18.3 Å². The Morgan fingerprint density at radius 3 is 2.74 bits per heavy atom. The molecule has 0 aromatic carbocycles. The first kappa shape index (κ1) is 15.8. The lowest BCUT2D eigenvalue weighted by Gasteiger charge is -2.21. The number of halogens is 3. The molecule has 6 heteroatoms. The van der Waals surface area contributed by atoms with Gasteiger partial charge in [0.2, 0.25) is 5.88 Å². The van der Waals surface area contributed by atoms with Crippen LogP contribution in [0, 0.1) is 0 Å². The average molecular weight is 276 g/mol. The average Bonchev–Trinajstić information content (AvgIpc) is 2.38. The van der Waals surface area contributed by atoms with Crippen LogP contribution in [0.15, 0.2) is 18.3 Å². The molecule has 0 saturated carbocycles. The van der Waals surface area contributed by atoms with Crippen LogP contribution in [0.2, 0.25) is 0 Å². The SMILES string of the molecule is CCCNC(CCC(F)(F)F)c1cccnc1OC. The van der Waals surface area contributed by atoms with Crippen molar-refractivity contribution in [1.29, 1.82) is 0 Å². The normalized spacial score (nSPS) is 13.3. The van der Waals surface area contributed by atoms with Gasteiger partial charge in [-0.25, -0.2) is 4.98 Å². The lowest BCUT2D eigenvalue weighted by Crippen LogP contribution is -2.24. The highest BCUT2D eigenvalue weighted by Crippen LogP contribution is 2.30. The lowest BCUT2D eigenvalue weighted by molar-refractivity contribution is -0.136. The van der Waals surface area contributed by atoms with Crippen LogP contribution >= 0.6 is 0 Å². The Morgan fingerprint density at radius 2 is 2.16 bits per heavy atom. The molecule has 0 bridgehead atoms. The molecule has 0 radical (unpaired) electrons. The Bertz CT molecular complexity index is 382. The molecule has 0 aliphatic rings. The highest BCUT2D eigenvalue weighted by atomic mass is 19.4. The molecular weight excluding hydrogens is 257 g/mol. The third kappa shape index (κ3) is 5.46. The summed E-state index contributed by atoms with van der Waals surface area (Å²) in [6, 6.07) is 3.05. The van der Waals surface area contributed by atoms with Crippen molar-refractivity contribution in [3.8, 4) is 5.88 Å². The second kappa shape index (κ2) is 7.33. The van der Waals surface area contributed by atoms with E-state index in [4.69, 9.17) is 4.74 Å². The van der Waals surface area contributed by atoms with E-state index in [0.717, 1.165) is 6.42 Å². The van der Waals surface area contributed by atoms with Crippen LogP contribution in [-0.4, -0.2) is 24.8 Å². The first-order valence-electron chi connectivity index (χ1n) is 6.27. The first-order chi connectivity index (χ1) is 8.98. The van der Waals surface area contributed by atoms with E-state index in [9.17, 15) is 13.2 Å². The molecule has 1 rings (SSSR count). The number of pyridine rings is 1. The van der Waals surface area contributed by atoms with Gasteiger partial charge < -0.3 is 10.1 Å².